The minimum Gasteiger partial charge on any atom is -0.0837 e. The van der Waals surface area contributed by atoms with E-state index in [9.17, 15) is 0 Å². The molecule has 0 spiro atoms. The van der Waals surface area contributed by atoms with Gasteiger partial charge >= 0.3 is 0 Å². The van der Waals surface area contributed by atoms with E-state index in [0.717, 1.165) is 10.6 Å². The highest BCUT2D eigenvalue weighted by Gasteiger charge is 2.07. The van der Waals surface area contributed by atoms with Gasteiger partial charge in [-0.15, -0.1) is 0 Å². The minimum atomic E-state index is 0.815. The molecule has 0 unspecified atom stereocenters. The largest absolute Gasteiger partial charge is 0.0837 e. The summed E-state index contributed by atoms with van der Waals surface area (Å²) in [6, 6.07) is 12.6. The third kappa shape index (κ3) is 2.41. The van der Waals surface area contributed by atoms with Gasteiger partial charge in [0.15, 0.2) is 0 Å². The SMILES string of the molecule is Cc1ccc(Cl)c(-c2cc(I)ccc2C)c1. The first-order chi connectivity index (χ1) is 7.58. The van der Waals surface area contributed by atoms with Crippen LogP contribution >= 0.6 is 34.2 Å². The summed E-state index contributed by atoms with van der Waals surface area (Å²) in [4.78, 5) is 0. The molecule has 2 rings (SSSR count). The minimum absolute atomic E-state index is 0.815. The maximum absolute atomic E-state index is 6.25. The van der Waals surface area contributed by atoms with E-state index in [4.69, 9.17) is 11.6 Å². The Morgan fingerprint density at radius 3 is 2.44 bits per heavy atom. The number of aryl methyl sites for hydroxylation is 2. The summed E-state index contributed by atoms with van der Waals surface area (Å²) in [7, 11) is 0. The summed E-state index contributed by atoms with van der Waals surface area (Å²) in [5.41, 5.74) is 4.84. The Balaban J connectivity index is 2.66. The summed E-state index contributed by atoms with van der Waals surface area (Å²) in [5.74, 6) is 0. The average molecular weight is 343 g/mol. The van der Waals surface area contributed by atoms with E-state index < -0.39 is 0 Å². The van der Waals surface area contributed by atoms with E-state index in [1.165, 1.54) is 20.3 Å². The van der Waals surface area contributed by atoms with Crippen molar-refractivity contribution in [2.75, 3.05) is 0 Å². The van der Waals surface area contributed by atoms with Crippen molar-refractivity contribution in [2.24, 2.45) is 0 Å². The maximum atomic E-state index is 6.25. The van der Waals surface area contributed by atoms with Crippen molar-refractivity contribution in [3.05, 3.63) is 56.1 Å². The molecule has 0 aliphatic heterocycles. The highest BCUT2D eigenvalue weighted by atomic mass is 127. The number of halogens is 2. The fourth-order valence-electron chi connectivity index (χ4n) is 1.73. The lowest BCUT2D eigenvalue weighted by molar-refractivity contribution is 1.42. The Morgan fingerprint density at radius 1 is 0.938 bits per heavy atom. The summed E-state index contributed by atoms with van der Waals surface area (Å²) in [6.45, 7) is 4.20. The zero-order valence-electron chi connectivity index (χ0n) is 9.22. The third-order valence-electron chi connectivity index (χ3n) is 2.61. The van der Waals surface area contributed by atoms with Gasteiger partial charge in [0, 0.05) is 14.2 Å². The second kappa shape index (κ2) is 4.76. The van der Waals surface area contributed by atoms with Crippen LogP contribution in [0.25, 0.3) is 11.1 Å². The summed E-state index contributed by atoms with van der Waals surface area (Å²) in [6.07, 6.45) is 0. The van der Waals surface area contributed by atoms with Gasteiger partial charge in [-0.3, -0.25) is 0 Å². The molecule has 16 heavy (non-hydrogen) atoms. The van der Waals surface area contributed by atoms with Gasteiger partial charge in [-0.05, 0) is 71.8 Å². The summed E-state index contributed by atoms with van der Waals surface area (Å²) in [5, 5.41) is 0.815. The van der Waals surface area contributed by atoms with Crippen LogP contribution in [0, 0.1) is 17.4 Å². The van der Waals surface area contributed by atoms with Crippen molar-refractivity contribution in [2.45, 2.75) is 13.8 Å². The third-order valence-corrected chi connectivity index (χ3v) is 3.61. The van der Waals surface area contributed by atoms with E-state index in [-0.39, 0.29) is 0 Å². The molecular formula is C14H12ClI. The standard InChI is InChI=1S/C14H12ClI/c1-9-3-6-14(15)13(7-9)12-8-11(16)5-4-10(12)2/h3-8H,1-2H3. The van der Waals surface area contributed by atoms with Crippen molar-refractivity contribution in [1.29, 1.82) is 0 Å². The smallest absolute Gasteiger partial charge is 0.0484 e. The van der Waals surface area contributed by atoms with Gasteiger partial charge in [0.25, 0.3) is 0 Å². The van der Waals surface area contributed by atoms with Crippen molar-refractivity contribution in [3.8, 4) is 11.1 Å². The zero-order chi connectivity index (χ0) is 11.7. The van der Waals surface area contributed by atoms with Crippen LogP contribution in [0.5, 0.6) is 0 Å². The first-order valence-corrected chi connectivity index (χ1v) is 6.56. The van der Waals surface area contributed by atoms with Gasteiger partial charge in [0.05, 0.1) is 0 Å². The molecule has 0 bridgehead atoms. The lowest BCUT2D eigenvalue weighted by Gasteiger charge is -2.09. The fraction of sp³-hybridized carbons (Fsp3) is 0.143. The van der Waals surface area contributed by atoms with E-state index in [2.05, 4.69) is 60.7 Å². The quantitative estimate of drug-likeness (QED) is 0.623. The Labute approximate surface area is 115 Å². The first-order valence-electron chi connectivity index (χ1n) is 5.10. The van der Waals surface area contributed by atoms with E-state index in [0.29, 0.717) is 0 Å². The van der Waals surface area contributed by atoms with Crippen LogP contribution in [-0.4, -0.2) is 0 Å². The Hall–Kier alpha value is -0.540. The van der Waals surface area contributed by atoms with Crippen LogP contribution in [-0.2, 0) is 0 Å². The van der Waals surface area contributed by atoms with Crippen molar-refractivity contribution in [3.63, 3.8) is 0 Å². The molecule has 0 N–H and O–H groups in total. The number of hydrogen-bond acceptors (Lipinski definition) is 0. The van der Waals surface area contributed by atoms with Gasteiger partial charge in [-0.2, -0.15) is 0 Å². The molecule has 0 saturated heterocycles. The fourth-order valence-corrected chi connectivity index (χ4v) is 2.44. The van der Waals surface area contributed by atoms with Crippen LogP contribution in [0.1, 0.15) is 11.1 Å². The van der Waals surface area contributed by atoms with Crippen LogP contribution in [0.4, 0.5) is 0 Å². The molecule has 0 radical (unpaired) electrons. The predicted octanol–water partition coefficient (Wildman–Crippen LogP) is 5.23. The molecule has 82 valence electrons. The molecule has 2 aromatic rings. The van der Waals surface area contributed by atoms with Crippen LogP contribution in [0.2, 0.25) is 5.02 Å². The topological polar surface area (TPSA) is 0 Å². The molecule has 0 fully saturated rings. The van der Waals surface area contributed by atoms with Gasteiger partial charge < -0.3 is 0 Å². The lowest BCUT2D eigenvalue weighted by atomic mass is 9.99. The van der Waals surface area contributed by atoms with E-state index >= 15 is 0 Å². The molecule has 0 nitrogen and oxygen atoms in total. The molecule has 0 heterocycles. The molecule has 0 aromatic heterocycles. The highest BCUT2D eigenvalue weighted by Crippen LogP contribution is 2.32. The van der Waals surface area contributed by atoms with Gasteiger partial charge in [0.1, 0.15) is 0 Å². The Kier molecular flexibility index (Phi) is 3.55. The Bertz CT molecular complexity index is 483. The first kappa shape index (κ1) is 11.9. The van der Waals surface area contributed by atoms with Crippen LogP contribution in [0.3, 0.4) is 0 Å². The van der Waals surface area contributed by atoms with Crippen LogP contribution < -0.4 is 0 Å². The zero-order valence-corrected chi connectivity index (χ0v) is 12.1. The Morgan fingerprint density at radius 2 is 1.69 bits per heavy atom. The number of benzene rings is 2. The molecule has 0 aliphatic rings. The summed E-state index contributed by atoms with van der Waals surface area (Å²) >= 11 is 8.58. The number of hydrogen-bond donors (Lipinski definition) is 0. The second-order valence-corrected chi connectivity index (χ2v) is 5.60. The van der Waals surface area contributed by atoms with Gasteiger partial charge in [0.2, 0.25) is 0 Å². The monoisotopic (exact) mass is 342 g/mol. The van der Waals surface area contributed by atoms with Gasteiger partial charge in [-0.25, -0.2) is 0 Å². The molecule has 0 saturated carbocycles. The predicted molar refractivity (Wildman–Crippen MR) is 79.1 cm³/mol. The normalized spacial score (nSPS) is 10.5. The van der Waals surface area contributed by atoms with E-state index in [1.807, 2.05) is 12.1 Å². The molecular weight excluding hydrogens is 331 g/mol. The maximum Gasteiger partial charge on any atom is 0.0484 e. The highest BCUT2D eigenvalue weighted by molar-refractivity contribution is 14.1. The van der Waals surface area contributed by atoms with Crippen molar-refractivity contribution >= 4 is 34.2 Å². The number of rotatable bonds is 1. The molecule has 0 amide bonds. The van der Waals surface area contributed by atoms with Crippen LogP contribution in [0.15, 0.2) is 36.4 Å². The average Bonchev–Trinajstić information content (AvgIpc) is 2.25. The van der Waals surface area contributed by atoms with E-state index in [1.54, 1.807) is 0 Å². The second-order valence-electron chi connectivity index (χ2n) is 3.94. The summed E-state index contributed by atoms with van der Waals surface area (Å²) < 4.78 is 1.23. The van der Waals surface area contributed by atoms with Gasteiger partial charge in [-0.1, -0.05) is 29.3 Å². The lowest BCUT2D eigenvalue weighted by Crippen LogP contribution is -1.87. The molecule has 0 aliphatic carbocycles. The molecule has 2 heteroatoms. The molecule has 0 atom stereocenters. The van der Waals surface area contributed by atoms with Crippen molar-refractivity contribution in [1.82, 2.24) is 0 Å². The van der Waals surface area contributed by atoms with Crippen molar-refractivity contribution < 1.29 is 0 Å². The molecule has 2 aromatic carbocycles.